The number of hydrogen-bond donors (Lipinski definition) is 0. The summed E-state index contributed by atoms with van der Waals surface area (Å²) in [6, 6.07) is 6.67. The molecular weight excluding hydrogens is 144 g/mol. The number of aryl methyl sites for hydroxylation is 2. The average molecular weight is 156 g/mol. The quantitative estimate of drug-likeness (QED) is 0.506. The fourth-order valence-corrected chi connectivity index (χ4v) is 1.60. The first-order valence-corrected chi connectivity index (χ1v) is 4.40. The molecule has 0 atom stereocenters. The van der Waals surface area contributed by atoms with Crippen LogP contribution in [0.25, 0.3) is 0 Å². The Morgan fingerprint density at radius 3 is 3.00 bits per heavy atom. The maximum atomic E-state index is 3.17. The van der Waals surface area contributed by atoms with Crippen molar-refractivity contribution in [1.82, 2.24) is 0 Å². The van der Waals surface area contributed by atoms with Crippen LogP contribution in [0.4, 0.5) is 0 Å². The molecule has 1 aliphatic carbocycles. The minimum absolute atomic E-state index is 0.940. The third kappa shape index (κ3) is 1.36. The summed E-state index contributed by atoms with van der Waals surface area (Å²) in [5.74, 6) is 6.34. The molecule has 0 N–H and O–H groups in total. The van der Waals surface area contributed by atoms with Crippen molar-refractivity contribution in [3.05, 3.63) is 34.9 Å². The van der Waals surface area contributed by atoms with E-state index in [4.69, 9.17) is 0 Å². The summed E-state index contributed by atoms with van der Waals surface area (Å²) >= 11 is 0. The fraction of sp³-hybridized carbons (Fsp3) is 0.333. The Morgan fingerprint density at radius 2 is 2.08 bits per heavy atom. The molecular formula is C12H12. The Hall–Kier alpha value is -1.22. The van der Waals surface area contributed by atoms with Gasteiger partial charge < -0.3 is 0 Å². The van der Waals surface area contributed by atoms with Crippen molar-refractivity contribution in [3.8, 4) is 11.8 Å². The van der Waals surface area contributed by atoms with Crippen LogP contribution in [-0.4, -0.2) is 0 Å². The molecule has 0 radical (unpaired) electrons. The molecule has 1 aromatic rings. The molecule has 0 aromatic heterocycles. The SMILES string of the molecule is Cc1ccc2c(c1)CCC#CC2. The molecule has 0 saturated carbocycles. The van der Waals surface area contributed by atoms with E-state index < -0.39 is 0 Å². The summed E-state index contributed by atoms with van der Waals surface area (Å²) in [5, 5.41) is 0. The molecule has 0 unspecified atom stereocenters. The minimum Gasteiger partial charge on any atom is -0.103 e. The van der Waals surface area contributed by atoms with E-state index in [-0.39, 0.29) is 0 Å². The summed E-state index contributed by atoms with van der Waals surface area (Å²) < 4.78 is 0. The van der Waals surface area contributed by atoms with E-state index in [9.17, 15) is 0 Å². The van der Waals surface area contributed by atoms with Crippen LogP contribution in [0.1, 0.15) is 23.1 Å². The second kappa shape index (κ2) is 3.03. The van der Waals surface area contributed by atoms with Crippen LogP contribution < -0.4 is 0 Å². The standard InChI is InChI=1S/C12H12/c1-10-7-8-11-5-3-2-4-6-12(11)9-10/h7-9H,4-6H2,1H3. The second-order valence-corrected chi connectivity index (χ2v) is 3.30. The van der Waals surface area contributed by atoms with Crippen LogP contribution in [-0.2, 0) is 12.8 Å². The fourth-order valence-electron chi connectivity index (χ4n) is 1.60. The lowest BCUT2D eigenvalue weighted by molar-refractivity contribution is 1.01. The number of fused-ring (bicyclic) bond motifs is 1. The molecule has 0 aliphatic heterocycles. The van der Waals surface area contributed by atoms with Crippen molar-refractivity contribution in [1.29, 1.82) is 0 Å². The maximum Gasteiger partial charge on any atom is 0.0343 e. The molecule has 0 spiro atoms. The van der Waals surface area contributed by atoms with Crippen LogP contribution in [0.2, 0.25) is 0 Å². The van der Waals surface area contributed by atoms with Gasteiger partial charge in [-0.1, -0.05) is 29.7 Å². The van der Waals surface area contributed by atoms with E-state index in [1.54, 1.807) is 0 Å². The van der Waals surface area contributed by atoms with Gasteiger partial charge in [-0.15, -0.1) is 5.92 Å². The summed E-state index contributed by atoms with van der Waals surface area (Å²) in [6.07, 6.45) is 3.09. The number of rotatable bonds is 0. The van der Waals surface area contributed by atoms with E-state index in [0.717, 1.165) is 19.3 Å². The van der Waals surface area contributed by atoms with Crippen LogP contribution >= 0.6 is 0 Å². The Kier molecular flexibility index (Phi) is 1.87. The van der Waals surface area contributed by atoms with Crippen LogP contribution in [0.5, 0.6) is 0 Å². The topological polar surface area (TPSA) is 0 Å². The lowest BCUT2D eigenvalue weighted by Gasteiger charge is -2.04. The second-order valence-electron chi connectivity index (χ2n) is 3.30. The zero-order valence-electron chi connectivity index (χ0n) is 7.35. The van der Waals surface area contributed by atoms with E-state index in [1.165, 1.54) is 16.7 Å². The summed E-state index contributed by atoms with van der Waals surface area (Å²) in [4.78, 5) is 0. The Bertz CT molecular complexity index is 350. The highest BCUT2D eigenvalue weighted by Crippen LogP contribution is 2.15. The summed E-state index contributed by atoms with van der Waals surface area (Å²) in [6.45, 7) is 2.14. The predicted molar refractivity (Wildman–Crippen MR) is 51.0 cm³/mol. The van der Waals surface area contributed by atoms with Crippen molar-refractivity contribution in [2.24, 2.45) is 0 Å². The van der Waals surface area contributed by atoms with E-state index in [1.807, 2.05) is 0 Å². The molecule has 60 valence electrons. The minimum atomic E-state index is 0.940. The van der Waals surface area contributed by atoms with Gasteiger partial charge >= 0.3 is 0 Å². The van der Waals surface area contributed by atoms with Gasteiger partial charge in [0, 0.05) is 12.8 Å². The van der Waals surface area contributed by atoms with Crippen molar-refractivity contribution in [2.45, 2.75) is 26.2 Å². The third-order valence-electron chi connectivity index (χ3n) is 2.28. The first kappa shape index (κ1) is 7.43. The first-order chi connectivity index (χ1) is 5.86. The maximum absolute atomic E-state index is 3.17. The highest BCUT2D eigenvalue weighted by molar-refractivity contribution is 5.36. The Balaban J connectivity index is 2.44. The molecule has 2 rings (SSSR count). The third-order valence-corrected chi connectivity index (χ3v) is 2.28. The molecule has 1 aliphatic rings. The van der Waals surface area contributed by atoms with Gasteiger partial charge in [-0.2, -0.15) is 0 Å². The molecule has 0 nitrogen and oxygen atoms in total. The van der Waals surface area contributed by atoms with Crippen LogP contribution in [0.3, 0.4) is 0 Å². The highest BCUT2D eigenvalue weighted by Gasteiger charge is 2.02. The van der Waals surface area contributed by atoms with Crippen LogP contribution in [0.15, 0.2) is 18.2 Å². The normalized spacial score (nSPS) is 14.1. The largest absolute Gasteiger partial charge is 0.103 e. The molecule has 0 bridgehead atoms. The molecule has 0 amide bonds. The van der Waals surface area contributed by atoms with Crippen LogP contribution in [0, 0.1) is 18.8 Å². The molecule has 0 saturated heterocycles. The van der Waals surface area contributed by atoms with E-state index in [2.05, 4.69) is 37.0 Å². The first-order valence-electron chi connectivity index (χ1n) is 4.40. The molecule has 0 heteroatoms. The number of benzene rings is 1. The summed E-state index contributed by atoms with van der Waals surface area (Å²) in [5.41, 5.74) is 4.26. The smallest absolute Gasteiger partial charge is 0.0343 e. The van der Waals surface area contributed by atoms with Gasteiger partial charge in [0.25, 0.3) is 0 Å². The van der Waals surface area contributed by atoms with E-state index in [0.29, 0.717) is 0 Å². The van der Waals surface area contributed by atoms with Gasteiger partial charge in [-0.3, -0.25) is 0 Å². The Labute approximate surface area is 73.6 Å². The van der Waals surface area contributed by atoms with Gasteiger partial charge in [0.15, 0.2) is 0 Å². The average Bonchev–Trinajstić information content (AvgIpc) is 2.28. The van der Waals surface area contributed by atoms with E-state index >= 15 is 0 Å². The monoisotopic (exact) mass is 156 g/mol. The zero-order valence-corrected chi connectivity index (χ0v) is 7.35. The Morgan fingerprint density at radius 1 is 1.17 bits per heavy atom. The predicted octanol–water partition coefficient (Wildman–Crippen LogP) is 2.49. The van der Waals surface area contributed by atoms with Crippen molar-refractivity contribution < 1.29 is 0 Å². The lowest BCUT2D eigenvalue weighted by Crippen LogP contribution is -1.91. The molecule has 0 fully saturated rings. The van der Waals surface area contributed by atoms with Gasteiger partial charge in [-0.05, 0) is 24.5 Å². The molecule has 0 heterocycles. The summed E-state index contributed by atoms with van der Waals surface area (Å²) in [7, 11) is 0. The molecule has 12 heavy (non-hydrogen) atoms. The molecule has 1 aromatic carbocycles. The van der Waals surface area contributed by atoms with Gasteiger partial charge in [0.1, 0.15) is 0 Å². The lowest BCUT2D eigenvalue weighted by atomic mass is 10.0. The van der Waals surface area contributed by atoms with Gasteiger partial charge in [-0.25, -0.2) is 0 Å². The van der Waals surface area contributed by atoms with Gasteiger partial charge in [0.2, 0.25) is 0 Å². The number of hydrogen-bond acceptors (Lipinski definition) is 0. The van der Waals surface area contributed by atoms with Crippen molar-refractivity contribution in [3.63, 3.8) is 0 Å². The van der Waals surface area contributed by atoms with Crippen molar-refractivity contribution in [2.75, 3.05) is 0 Å². The van der Waals surface area contributed by atoms with Gasteiger partial charge in [0.05, 0.1) is 0 Å². The van der Waals surface area contributed by atoms with Crippen molar-refractivity contribution >= 4 is 0 Å². The zero-order chi connectivity index (χ0) is 8.39. The highest BCUT2D eigenvalue weighted by atomic mass is 14.1.